The Hall–Kier alpha value is -2.86. The van der Waals surface area contributed by atoms with E-state index in [0.29, 0.717) is 27.5 Å². The smallest absolute Gasteiger partial charge is 0.155 e. The van der Waals surface area contributed by atoms with Crippen molar-refractivity contribution in [1.82, 2.24) is 19.6 Å². The average Bonchev–Trinajstić information content (AvgIpc) is 3.05. The standard InChI is InChI=1S/C17H9ClF2N4/c18-11-1-2-15(20)14(6-11)17-13(7-12(19)8-21-17)10-3-4-24-16(5-10)22-9-23-24/h1-9H. The molecule has 0 amide bonds. The van der Waals surface area contributed by atoms with Gasteiger partial charge in [-0.1, -0.05) is 11.6 Å². The molecule has 0 N–H and O–H groups in total. The monoisotopic (exact) mass is 342 g/mol. The number of halogens is 3. The second-order valence-electron chi connectivity index (χ2n) is 5.15. The lowest BCUT2D eigenvalue weighted by atomic mass is 9.99. The lowest BCUT2D eigenvalue weighted by Gasteiger charge is -2.11. The molecule has 4 aromatic rings. The number of benzene rings is 1. The zero-order valence-corrected chi connectivity index (χ0v) is 12.9. The molecule has 0 spiro atoms. The first kappa shape index (κ1) is 14.7. The van der Waals surface area contributed by atoms with Crippen LogP contribution in [0.1, 0.15) is 0 Å². The van der Waals surface area contributed by atoms with Gasteiger partial charge < -0.3 is 0 Å². The number of nitrogens with zero attached hydrogens (tertiary/aromatic N) is 4. The van der Waals surface area contributed by atoms with E-state index in [2.05, 4.69) is 15.1 Å². The van der Waals surface area contributed by atoms with Crippen molar-refractivity contribution >= 4 is 17.2 Å². The van der Waals surface area contributed by atoms with E-state index < -0.39 is 11.6 Å². The van der Waals surface area contributed by atoms with Crippen LogP contribution in [0.15, 0.2) is 55.1 Å². The highest BCUT2D eigenvalue weighted by atomic mass is 35.5. The normalized spacial score (nSPS) is 11.1. The van der Waals surface area contributed by atoms with Crippen LogP contribution in [0.3, 0.4) is 0 Å². The van der Waals surface area contributed by atoms with Gasteiger partial charge in [0.05, 0.1) is 11.9 Å². The molecule has 0 radical (unpaired) electrons. The van der Waals surface area contributed by atoms with E-state index >= 15 is 0 Å². The van der Waals surface area contributed by atoms with Crippen LogP contribution in [0.25, 0.3) is 28.0 Å². The Bertz CT molecular complexity index is 1060. The quantitative estimate of drug-likeness (QED) is 0.542. The van der Waals surface area contributed by atoms with Crippen molar-refractivity contribution in [2.45, 2.75) is 0 Å². The highest BCUT2D eigenvalue weighted by molar-refractivity contribution is 6.30. The molecule has 0 bridgehead atoms. The maximum atomic E-state index is 14.2. The van der Waals surface area contributed by atoms with Crippen molar-refractivity contribution in [3.63, 3.8) is 0 Å². The van der Waals surface area contributed by atoms with Crippen LogP contribution in [0, 0.1) is 11.6 Å². The molecule has 0 aliphatic rings. The summed E-state index contributed by atoms with van der Waals surface area (Å²) >= 11 is 5.97. The summed E-state index contributed by atoms with van der Waals surface area (Å²) < 4.78 is 29.6. The highest BCUT2D eigenvalue weighted by Gasteiger charge is 2.15. The van der Waals surface area contributed by atoms with Crippen LogP contribution < -0.4 is 0 Å². The molecule has 4 nitrogen and oxygen atoms in total. The van der Waals surface area contributed by atoms with Crippen molar-refractivity contribution in [3.05, 3.63) is 71.8 Å². The van der Waals surface area contributed by atoms with Gasteiger partial charge in [0.2, 0.25) is 0 Å². The van der Waals surface area contributed by atoms with Crippen molar-refractivity contribution in [2.75, 3.05) is 0 Å². The largest absolute Gasteiger partial charge is 0.252 e. The molecule has 3 aromatic heterocycles. The Kier molecular flexibility index (Phi) is 3.46. The van der Waals surface area contributed by atoms with Crippen LogP contribution in [0.4, 0.5) is 8.78 Å². The third-order valence-electron chi connectivity index (χ3n) is 3.63. The summed E-state index contributed by atoms with van der Waals surface area (Å²) in [5.74, 6) is -0.999. The SMILES string of the molecule is Fc1cnc(-c2cc(Cl)ccc2F)c(-c2ccn3ncnc3c2)c1. The van der Waals surface area contributed by atoms with Gasteiger partial charge in [-0.05, 0) is 42.0 Å². The molecule has 1 aromatic carbocycles. The van der Waals surface area contributed by atoms with E-state index in [4.69, 9.17) is 11.6 Å². The van der Waals surface area contributed by atoms with Gasteiger partial charge in [0.1, 0.15) is 18.0 Å². The minimum Gasteiger partial charge on any atom is -0.252 e. The molecule has 0 unspecified atom stereocenters. The van der Waals surface area contributed by atoms with Gasteiger partial charge in [-0.2, -0.15) is 5.10 Å². The summed E-state index contributed by atoms with van der Waals surface area (Å²) in [7, 11) is 0. The Balaban J connectivity index is 1.97. The molecular weight excluding hydrogens is 334 g/mol. The Labute approximate surface area is 140 Å². The molecule has 0 saturated carbocycles. The zero-order chi connectivity index (χ0) is 16.7. The van der Waals surface area contributed by atoms with Crippen LogP contribution in [0.5, 0.6) is 0 Å². The maximum absolute atomic E-state index is 14.2. The van der Waals surface area contributed by atoms with E-state index in [1.54, 1.807) is 22.8 Å². The third kappa shape index (κ3) is 2.51. The minimum atomic E-state index is -0.516. The first-order chi connectivity index (χ1) is 11.6. The van der Waals surface area contributed by atoms with Gasteiger partial charge in [0, 0.05) is 22.3 Å². The van der Waals surface area contributed by atoms with Crippen molar-refractivity contribution in [2.24, 2.45) is 0 Å². The number of pyridine rings is 2. The first-order valence-corrected chi connectivity index (χ1v) is 7.40. The lowest BCUT2D eigenvalue weighted by molar-refractivity contribution is 0.620. The minimum absolute atomic E-state index is 0.207. The van der Waals surface area contributed by atoms with Gasteiger partial charge >= 0.3 is 0 Å². The van der Waals surface area contributed by atoms with E-state index in [1.165, 1.54) is 30.6 Å². The molecule has 3 heterocycles. The fourth-order valence-electron chi connectivity index (χ4n) is 2.54. The summed E-state index contributed by atoms with van der Waals surface area (Å²) in [4.78, 5) is 8.18. The van der Waals surface area contributed by atoms with Crippen LogP contribution in [0.2, 0.25) is 5.02 Å². The predicted molar refractivity (Wildman–Crippen MR) is 86.6 cm³/mol. The highest BCUT2D eigenvalue weighted by Crippen LogP contribution is 2.33. The van der Waals surface area contributed by atoms with Crippen molar-refractivity contribution in [1.29, 1.82) is 0 Å². The number of aromatic nitrogens is 4. The molecule has 24 heavy (non-hydrogen) atoms. The van der Waals surface area contributed by atoms with Gasteiger partial charge in [-0.3, -0.25) is 4.98 Å². The van der Waals surface area contributed by atoms with E-state index in [-0.39, 0.29) is 5.56 Å². The van der Waals surface area contributed by atoms with Crippen LogP contribution >= 0.6 is 11.6 Å². The number of rotatable bonds is 2. The summed E-state index contributed by atoms with van der Waals surface area (Å²) in [6.07, 6.45) is 4.16. The molecule has 0 atom stereocenters. The molecule has 0 aliphatic carbocycles. The summed E-state index contributed by atoms with van der Waals surface area (Å²) in [6, 6.07) is 8.96. The van der Waals surface area contributed by atoms with Gasteiger partial charge in [-0.15, -0.1) is 0 Å². The maximum Gasteiger partial charge on any atom is 0.155 e. The topological polar surface area (TPSA) is 43.1 Å². The average molecular weight is 343 g/mol. The third-order valence-corrected chi connectivity index (χ3v) is 3.86. The second kappa shape index (κ2) is 5.65. The Morgan fingerprint density at radius 3 is 2.71 bits per heavy atom. The van der Waals surface area contributed by atoms with Crippen molar-refractivity contribution in [3.8, 4) is 22.4 Å². The van der Waals surface area contributed by atoms with Gasteiger partial charge in [0.25, 0.3) is 0 Å². The summed E-state index contributed by atoms with van der Waals surface area (Å²) in [5, 5.41) is 4.39. The fourth-order valence-corrected chi connectivity index (χ4v) is 2.71. The molecule has 7 heteroatoms. The van der Waals surface area contributed by atoms with Gasteiger partial charge in [0.15, 0.2) is 5.65 Å². The van der Waals surface area contributed by atoms with E-state index in [9.17, 15) is 8.78 Å². The summed E-state index contributed by atoms with van der Waals surface area (Å²) in [5.41, 5.74) is 2.20. The molecule has 4 rings (SSSR count). The second-order valence-corrected chi connectivity index (χ2v) is 5.59. The number of hydrogen-bond donors (Lipinski definition) is 0. The van der Waals surface area contributed by atoms with E-state index in [1.807, 2.05) is 0 Å². The molecular formula is C17H9ClF2N4. The van der Waals surface area contributed by atoms with Gasteiger partial charge in [-0.25, -0.2) is 18.3 Å². The summed E-state index contributed by atoms with van der Waals surface area (Å²) in [6.45, 7) is 0. The Morgan fingerprint density at radius 2 is 1.83 bits per heavy atom. The molecule has 0 aliphatic heterocycles. The number of fused-ring (bicyclic) bond motifs is 1. The van der Waals surface area contributed by atoms with Crippen molar-refractivity contribution < 1.29 is 8.78 Å². The first-order valence-electron chi connectivity index (χ1n) is 7.02. The Morgan fingerprint density at radius 1 is 0.958 bits per heavy atom. The van der Waals surface area contributed by atoms with Crippen LogP contribution in [-0.2, 0) is 0 Å². The fraction of sp³-hybridized carbons (Fsp3) is 0. The molecule has 0 fully saturated rings. The zero-order valence-electron chi connectivity index (χ0n) is 12.1. The molecule has 0 saturated heterocycles. The van der Waals surface area contributed by atoms with E-state index in [0.717, 1.165) is 6.20 Å². The number of hydrogen-bond acceptors (Lipinski definition) is 3. The van der Waals surface area contributed by atoms with Crippen LogP contribution in [-0.4, -0.2) is 19.6 Å². The lowest BCUT2D eigenvalue weighted by Crippen LogP contribution is -1.95. The predicted octanol–water partition coefficient (Wildman–Crippen LogP) is 4.39. The molecule has 118 valence electrons.